The van der Waals surface area contributed by atoms with Gasteiger partial charge in [0.15, 0.2) is 0 Å². The van der Waals surface area contributed by atoms with Gasteiger partial charge in [0.2, 0.25) is 5.91 Å². The number of amides is 1. The molecule has 6 nitrogen and oxygen atoms in total. The summed E-state index contributed by atoms with van der Waals surface area (Å²) in [7, 11) is 0. The van der Waals surface area contributed by atoms with E-state index in [4.69, 9.17) is 5.73 Å². The molecule has 1 unspecified atom stereocenters. The zero-order valence-electron chi connectivity index (χ0n) is 14.9. The molecule has 0 saturated heterocycles. The van der Waals surface area contributed by atoms with Crippen molar-refractivity contribution in [2.24, 2.45) is 11.7 Å². The highest BCUT2D eigenvalue weighted by Gasteiger charge is 2.24. The largest absolute Gasteiger partial charge is 0.350 e. The fourth-order valence-corrected chi connectivity index (χ4v) is 4.03. The Morgan fingerprint density at radius 1 is 1.20 bits per heavy atom. The molecular weight excluding hydrogens is 316 g/mol. The summed E-state index contributed by atoms with van der Waals surface area (Å²) in [5.74, 6) is 0.318. The van der Waals surface area contributed by atoms with Crippen LogP contribution in [0.4, 0.5) is 0 Å². The first kappa shape index (κ1) is 17.7. The number of nitrogens with zero attached hydrogens (tertiary/aromatic N) is 2. The summed E-state index contributed by atoms with van der Waals surface area (Å²) in [6, 6.07) is 7.60. The maximum absolute atomic E-state index is 12.6. The summed E-state index contributed by atoms with van der Waals surface area (Å²) < 4.78 is 3.26. The number of carbonyl (C=O) groups excluding carboxylic acids is 1. The molecule has 3 rings (SSSR count). The molecule has 1 atom stereocenters. The number of hydrogen-bond donors (Lipinski definition) is 2. The molecule has 0 spiro atoms. The third kappa shape index (κ3) is 3.63. The lowest BCUT2D eigenvalue weighted by molar-refractivity contribution is -0.122. The van der Waals surface area contributed by atoms with Crippen LogP contribution in [-0.2, 0) is 17.9 Å². The Bertz CT molecular complexity index is 786. The number of fused-ring (bicyclic) bond motifs is 1. The second-order valence-corrected chi connectivity index (χ2v) is 6.91. The maximum atomic E-state index is 12.6. The third-order valence-electron chi connectivity index (χ3n) is 5.36. The first-order valence-electron chi connectivity index (χ1n) is 9.33. The number of imidazole rings is 1. The van der Waals surface area contributed by atoms with Crippen LogP contribution in [0.5, 0.6) is 0 Å². The second-order valence-electron chi connectivity index (χ2n) is 6.91. The number of para-hydroxylation sites is 2. The van der Waals surface area contributed by atoms with E-state index in [-0.39, 0.29) is 24.2 Å². The quantitative estimate of drug-likeness (QED) is 0.839. The van der Waals surface area contributed by atoms with Gasteiger partial charge in [0.25, 0.3) is 0 Å². The van der Waals surface area contributed by atoms with Crippen LogP contribution in [0, 0.1) is 5.92 Å². The van der Waals surface area contributed by atoms with Crippen LogP contribution < -0.4 is 16.7 Å². The molecule has 1 aromatic heterocycles. The Hall–Kier alpha value is -2.08. The summed E-state index contributed by atoms with van der Waals surface area (Å²) in [5, 5.41) is 3.07. The summed E-state index contributed by atoms with van der Waals surface area (Å²) in [6.45, 7) is 3.00. The number of benzene rings is 1. The smallest absolute Gasteiger partial charge is 0.329 e. The van der Waals surface area contributed by atoms with E-state index in [1.165, 1.54) is 19.3 Å². The molecule has 25 heavy (non-hydrogen) atoms. The zero-order chi connectivity index (χ0) is 17.8. The molecular formula is C19H28N4O2. The van der Waals surface area contributed by atoms with Crippen molar-refractivity contribution in [1.82, 2.24) is 14.5 Å². The molecule has 1 fully saturated rings. The number of carbonyl (C=O) groups is 1. The van der Waals surface area contributed by atoms with E-state index in [0.29, 0.717) is 19.0 Å². The molecule has 0 aliphatic heterocycles. The molecule has 1 heterocycles. The molecule has 1 saturated carbocycles. The summed E-state index contributed by atoms with van der Waals surface area (Å²) in [6.07, 6.45) is 5.93. The average Bonchev–Trinajstić information content (AvgIpc) is 2.91. The highest BCUT2D eigenvalue weighted by molar-refractivity contribution is 5.81. The molecule has 1 aliphatic rings. The first-order valence-corrected chi connectivity index (χ1v) is 9.33. The zero-order valence-corrected chi connectivity index (χ0v) is 14.9. The summed E-state index contributed by atoms with van der Waals surface area (Å²) in [5.41, 5.74) is 7.43. The van der Waals surface area contributed by atoms with E-state index in [9.17, 15) is 9.59 Å². The Kier molecular flexibility index (Phi) is 5.58. The molecule has 1 aromatic carbocycles. The number of nitrogens with two attached hydrogens (primary N) is 1. The second kappa shape index (κ2) is 7.87. The van der Waals surface area contributed by atoms with Crippen molar-refractivity contribution >= 4 is 16.9 Å². The molecule has 0 bridgehead atoms. The number of hydrogen-bond acceptors (Lipinski definition) is 3. The van der Waals surface area contributed by atoms with Gasteiger partial charge in [-0.15, -0.1) is 0 Å². The van der Waals surface area contributed by atoms with Crippen LogP contribution in [0.1, 0.15) is 39.0 Å². The molecule has 0 radical (unpaired) electrons. The number of aryl methyl sites for hydroxylation is 1. The van der Waals surface area contributed by atoms with Crippen molar-refractivity contribution in [3.63, 3.8) is 0 Å². The predicted octanol–water partition coefficient (Wildman–Crippen LogP) is 1.85. The lowest BCUT2D eigenvalue weighted by Crippen LogP contribution is -2.47. The van der Waals surface area contributed by atoms with Gasteiger partial charge in [-0.2, -0.15) is 0 Å². The number of rotatable bonds is 6. The summed E-state index contributed by atoms with van der Waals surface area (Å²) >= 11 is 0. The molecule has 3 N–H and O–H groups in total. The highest BCUT2D eigenvalue weighted by Crippen LogP contribution is 2.26. The summed E-state index contributed by atoms with van der Waals surface area (Å²) in [4.78, 5) is 25.2. The van der Waals surface area contributed by atoms with E-state index in [1.54, 1.807) is 9.13 Å². The van der Waals surface area contributed by atoms with Crippen molar-refractivity contribution in [2.75, 3.05) is 6.54 Å². The minimum absolute atomic E-state index is 0.00280. The Morgan fingerprint density at radius 3 is 2.44 bits per heavy atom. The monoisotopic (exact) mass is 344 g/mol. The van der Waals surface area contributed by atoms with Gasteiger partial charge in [-0.25, -0.2) is 4.79 Å². The van der Waals surface area contributed by atoms with Crippen molar-refractivity contribution < 1.29 is 4.79 Å². The van der Waals surface area contributed by atoms with Crippen LogP contribution in [0.25, 0.3) is 11.0 Å². The predicted molar refractivity (Wildman–Crippen MR) is 99.4 cm³/mol. The van der Waals surface area contributed by atoms with Gasteiger partial charge >= 0.3 is 5.69 Å². The van der Waals surface area contributed by atoms with Crippen LogP contribution in [0.15, 0.2) is 29.1 Å². The van der Waals surface area contributed by atoms with Crippen LogP contribution in [0.3, 0.4) is 0 Å². The van der Waals surface area contributed by atoms with Crippen molar-refractivity contribution in [3.05, 3.63) is 34.7 Å². The Morgan fingerprint density at radius 2 is 1.84 bits per heavy atom. The van der Waals surface area contributed by atoms with Crippen LogP contribution in [0.2, 0.25) is 0 Å². The molecule has 6 heteroatoms. The SMILES string of the molecule is CCn1c(=O)n(CC(=O)NC(CN)C2CCCCC2)c2ccccc21. The topological polar surface area (TPSA) is 82.0 Å². The highest BCUT2D eigenvalue weighted by atomic mass is 16.2. The van der Waals surface area contributed by atoms with Gasteiger partial charge in [0, 0.05) is 19.1 Å². The van der Waals surface area contributed by atoms with Gasteiger partial charge in [-0.05, 0) is 37.8 Å². The van der Waals surface area contributed by atoms with E-state index in [1.807, 2.05) is 31.2 Å². The molecule has 136 valence electrons. The average molecular weight is 344 g/mol. The van der Waals surface area contributed by atoms with Crippen LogP contribution in [-0.4, -0.2) is 27.6 Å². The molecule has 1 amide bonds. The lowest BCUT2D eigenvalue weighted by atomic mass is 9.84. The minimum atomic E-state index is -0.138. The normalized spacial score (nSPS) is 16.9. The Labute approximate surface area is 148 Å². The van der Waals surface area contributed by atoms with Gasteiger partial charge in [0.05, 0.1) is 11.0 Å². The fraction of sp³-hybridized carbons (Fsp3) is 0.579. The number of nitrogens with one attached hydrogen (secondary N) is 1. The van der Waals surface area contributed by atoms with Gasteiger partial charge < -0.3 is 11.1 Å². The van der Waals surface area contributed by atoms with Crippen molar-refractivity contribution in [3.8, 4) is 0 Å². The van der Waals surface area contributed by atoms with E-state index in [0.717, 1.165) is 23.9 Å². The fourth-order valence-electron chi connectivity index (χ4n) is 4.03. The van der Waals surface area contributed by atoms with E-state index >= 15 is 0 Å². The van der Waals surface area contributed by atoms with Gasteiger partial charge in [-0.1, -0.05) is 31.4 Å². The van der Waals surface area contributed by atoms with Gasteiger partial charge in [0.1, 0.15) is 6.54 Å². The minimum Gasteiger partial charge on any atom is -0.350 e. The van der Waals surface area contributed by atoms with E-state index < -0.39 is 0 Å². The number of aromatic nitrogens is 2. The van der Waals surface area contributed by atoms with Crippen molar-refractivity contribution in [1.29, 1.82) is 0 Å². The maximum Gasteiger partial charge on any atom is 0.329 e. The van der Waals surface area contributed by atoms with Gasteiger partial charge in [-0.3, -0.25) is 13.9 Å². The molecule has 1 aliphatic carbocycles. The van der Waals surface area contributed by atoms with E-state index in [2.05, 4.69) is 5.32 Å². The van der Waals surface area contributed by atoms with Crippen LogP contribution >= 0.6 is 0 Å². The lowest BCUT2D eigenvalue weighted by Gasteiger charge is -2.30. The first-order chi connectivity index (χ1) is 12.2. The van der Waals surface area contributed by atoms with Crippen molar-refractivity contribution in [2.45, 2.75) is 58.2 Å². The standard InChI is InChI=1S/C19H28N4O2/c1-2-22-16-10-6-7-11-17(16)23(19(22)25)13-18(24)21-15(12-20)14-8-4-3-5-9-14/h6-7,10-11,14-15H,2-5,8-9,12-13,20H2,1H3,(H,21,24). The Balaban J connectivity index is 1.77. The third-order valence-corrected chi connectivity index (χ3v) is 5.36. The molecule has 2 aromatic rings.